The Balaban J connectivity index is 1.92. The molecule has 0 fully saturated rings. The molecule has 1 aromatic carbocycles. The van der Waals surface area contributed by atoms with Crippen LogP contribution in [0.2, 0.25) is 0 Å². The molecule has 0 aliphatic rings. The Morgan fingerprint density at radius 3 is 3.10 bits per heavy atom. The van der Waals surface area contributed by atoms with E-state index in [-0.39, 0.29) is 18.1 Å². The number of hydrogen-bond acceptors (Lipinski definition) is 3. The van der Waals surface area contributed by atoms with Crippen LogP contribution in [0.4, 0.5) is 4.39 Å². The van der Waals surface area contributed by atoms with E-state index in [9.17, 15) is 9.18 Å². The summed E-state index contributed by atoms with van der Waals surface area (Å²) in [5, 5.41) is 5.41. The van der Waals surface area contributed by atoms with Crippen molar-refractivity contribution in [1.29, 1.82) is 0 Å². The van der Waals surface area contributed by atoms with Gasteiger partial charge >= 0.3 is 0 Å². The Kier molecular flexibility index (Phi) is 5.63. The zero-order valence-electron chi connectivity index (χ0n) is 11.8. The molecule has 21 heavy (non-hydrogen) atoms. The van der Waals surface area contributed by atoms with Gasteiger partial charge < -0.3 is 5.32 Å². The minimum atomic E-state index is -0.286. The Morgan fingerprint density at radius 2 is 2.33 bits per heavy atom. The second-order valence-corrected chi connectivity index (χ2v) is 5.40. The highest BCUT2D eigenvalue weighted by atomic mass is 32.1. The molecule has 0 aliphatic carbocycles. The van der Waals surface area contributed by atoms with E-state index in [2.05, 4.69) is 10.3 Å². The van der Waals surface area contributed by atoms with Crippen LogP contribution in [0.3, 0.4) is 0 Å². The van der Waals surface area contributed by atoms with Crippen molar-refractivity contribution in [2.45, 2.75) is 19.8 Å². The van der Waals surface area contributed by atoms with Crippen molar-refractivity contribution in [2.24, 2.45) is 0 Å². The van der Waals surface area contributed by atoms with Crippen LogP contribution in [0.1, 0.15) is 19.0 Å². The number of hydrogen-bond donors (Lipinski definition) is 1. The number of amides is 1. The highest BCUT2D eigenvalue weighted by molar-refractivity contribution is 7.13. The highest BCUT2D eigenvalue weighted by Gasteiger charge is 2.09. The molecule has 1 amide bonds. The molecule has 5 heteroatoms. The van der Waals surface area contributed by atoms with Gasteiger partial charge in [0, 0.05) is 17.5 Å². The molecular formula is C16H17FN2OS. The second-order valence-electron chi connectivity index (χ2n) is 4.54. The van der Waals surface area contributed by atoms with Crippen LogP contribution in [0.25, 0.3) is 10.6 Å². The van der Waals surface area contributed by atoms with Gasteiger partial charge in [0.25, 0.3) is 0 Å². The zero-order valence-corrected chi connectivity index (χ0v) is 12.6. The van der Waals surface area contributed by atoms with Gasteiger partial charge in [0.15, 0.2) is 0 Å². The average Bonchev–Trinajstić information content (AvgIpc) is 2.92. The predicted molar refractivity (Wildman–Crippen MR) is 83.7 cm³/mol. The van der Waals surface area contributed by atoms with Gasteiger partial charge in [0.05, 0.1) is 12.1 Å². The SMILES string of the molecule is C/C=C/CCNC(=O)Cc1csc(-c2cccc(F)c2)n1. The maximum Gasteiger partial charge on any atom is 0.226 e. The summed E-state index contributed by atoms with van der Waals surface area (Å²) in [4.78, 5) is 16.1. The fourth-order valence-electron chi connectivity index (χ4n) is 1.83. The molecular weight excluding hydrogens is 287 g/mol. The number of aromatic nitrogens is 1. The first-order valence-electron chi connectivity index (χ1n) is 6.77. The van der Waals surface area contributed by atoms with E-state index < -0.39 is 0 Å². The minimum absolute atomic E-state index is 0.0457. The quantitative estimate of drug-likeness (QED) is 0.655. The van der Waals surface area contributed by atoms with Gasteiger partial charge in [-0.1, -0.05) is 24.3 Å². The second kappa shape index (κ2) is 7.69. The number of rotatable bonds is 6. The highest BCUT2D eigenvalue weighted by Crippen LogP contribution is 2.24. The van der Waals surface area contributed by atoms with Crippen LogP contribution >= 0.6 is 11.3 Å². The summed E-state index contributed by atoms with van der Waals surface area (Å²) in [6.45, 7) is 2.58. The third-order valence-corrected chi connectivity index (χ3v) is 3.77. The first-order valence-corrected chi connectivity index (χ1v) is 7.65. The van der Waals surface area contributed by atoms with E-state index in [0.29, 0.717) is 12.2 Å². The lowest BCUT2D eigenvalue weighted by atomic mass is 10.2. The maximum absolute atomic E-state index is 13.2. The molecule has 1 N–H and O–H groups in total. The molecule has 0 bridgehead atoms. The van der Waals surface area contributed by atoms with Crippen molar-refractivity contribution in [3.63, 3.8) is 0 Å². The van der Waals surface area contributed by atoms with E-state index in [1.54, 1.807) is 6.07 Å². The van der Waals surface area contributed by atoms with Crippen molar-refractivity contribution < 1.29 is 9.18 Å². The third-order valence-electron chi connectivity index (χ3n) is 2.83. The molecule has 1 heterocycles. The van der Waals surface area contributed by atoms with Crippen molar-refractivity contribution in [3.8, 4) is 10.6 Å². The Hall–Kier alpha value is -2.01. The molecule has 0 atom stereocenters. The van der Waals surface area contributed by atoms with Gasteiger partial charge in [-0.25, -0.2) is 9.37 Å². The molecule has 0 saturated heterocycles. The first kappa shape index (κ1) is 15.4. The topological polar surface area (TPSA) is 42.0 Å². The summed E-state index contributed by atoms with van der Waals surface area (Å²) in [5.74, 6) is -0.332. The summed E-state index contributed by atoms with van der Waals surface area (Å²) in [5.41, 5.74) is 1.45. The smallest absolute Gasteiger partial charge is 0.226 e. The lowest BCUT2D eigenvalue weighted by Gasteiger charge is -2.01. The molecule has 0 radical (unpaired) electrons. The van der Waals surface area contributed by atoms with E-state index in [1.165, 1.54) is 23.5 Å². The average molecular weight is 304 g/mol. The lowest BCUT2D eigenvalue weighted by molar-refractivity contribution is -0.120. The summed E-state index contributed by atoms with van der Waals surface area (Å²) < 4.78 is 13.2. The van der Waals surface area contributed by atoms with Gasteiger partial charge in [0.1, 0.15) is 10.8 Å². The number of allylic oxidation sites excluding steroid dienone is 1. The zero-order chi connectivity index (χ0) is 15.1. The van der Waals surface area contributed by atoms with Crippen molar-refractivity contribution in [2.75, 3.05) is 6.54 Å². The van der Waals surface area contributed by atoms with Crippen LogP contribution in [-0.4, -0.2) is 17.4 Å². The monoisotopic (exact) mass is 304 g/mol. The Morgan fingerprint density at radius 1 is 1.48 bits per heavy atom. The molecule has 0 spiro atoms. The molecule has 110 valence electrons. The summed E-state index contributed by atoms with van der Waals surface area (Å²) in [6.07, 6.45) is 5.04. The number of halogens is 1. The van der Waals surface area contributed by atoms with Gasteiger partial charge in [0.2, 0.25) is 5.91 Å². The number of nitrogens with zero attached hydrogens (tertiary/aromatic N) is 1. The fourth-order valence-corrected chi connectivity index (χ4v) is 2.65. The van der Waals surface area contributed by atoms with Crippen LogP contribution in [0.5, 0.6) is 0 Å². The number of carbonyl (C=O) groups excluding carboxylic acids is 1. The third kappa shape index (κ3) is 4.79. The standard InChI is InChI=1S/C16H17FN2OS/c1-2-3-4-8-18-15(20)10-14-11-21-16(19-14)12-6-5-7-13(17)9-12/h2-3,5-7,9,11H,4,8,10H2,1H3,(H,18,20)/b3-2+. The normalized spacial score (nSPS) is 11.0. The van der Waals surface area contributed by atoms with E-state index in [0.717, 1.165) is 17.0 Å². The number of carbonyl (C=O) groups is 1. The van der Waals surface area contributed by atoms with Gasteiger partial charge in [-0.2, -0.15) is 0 Å². The van der Waals surface area contributed by atoms with E-state index >= 15 is 0 Å². The first-order chi connectivity index (χ1) is 10.2. The summed E-state index contributed by atoms with van der Waals surface area (Å²) in [6, 6.07) is 6.30. The van der Waals surface area contributed by atoms with Gasteiger partial charge in [-0.05, 0) is 25.5 Å². The Bertz CT molecular complexity index is 637. The van der Waals surface area contributed by atoms with Gasteiger partial charge in [-0.3, -0.25) is 4.79 Å². The minimum Gasteiger partial charge on any atom is -0.355 e. The van der Waals surface area contributed by atoms with E-state index in [4.69, 9.17) is 0 Å². The summed E-state index contributed by atoms with van der Waals surface area (Å²) in [7, 11) is 0. The Labute approximate surface area is 127 Å². The lowest BCUT2D eigenvalue weighted by Crippen LogP contribution is -2.25. The largest absolute Gasteiger partial charge is 0.355 e. The van der Waals surface area contributed by atoms with Crippen molar-refractivity contribution in [3.05, 3.63) is 53.3 Å². The number of nitrogens with one attached hydrogen (secondary N) is 1. The molecule has 0 saturated carbocycles. The number of thiazole rings is 1. The van der Waals surface area contributed by atoms with Crippen molar-refractivity contribution in [1.82, 2.24) is 10.3 Å². The van der Waals surface area contributed by atoms with Crippen LogP contribution in [0, 0.1) is 5.82 Å². The predicted octanol–water partition coefficient (Wildman–Crippen LogP) is 3.57. The molecule has 0 aliphatic heterocycles. The number of benzene rings is 1. The molecule has 1 aromatic heterocycles. The van der Waals surface area contributed by atoms with Crippen molar-refractivity contribution >= 4 is 17.2 Å². The van der Waals surface area contributed by atoms with Crippen LogP contribution < -0.4 is 5.32 Å². The fraction of sp³-hybridized carbons (Fsp3) is 0.250. The van der Waals surface area contributed by atoms with Crippen LogP contribution in [0.15, 0.2) is 41.8 Å². The molecule has 2 aromatic rings. The maximum atomic E-state index is 13.2. The van der Waals surface area contributed by atoms with Gasteiger partial charge in [-0.15, -0.1) is 11.3 Å². The molecule has 0 unspecified atom stereocenters. The molecule has 2 rings (SSSR count). The van der Waals surface area contributed by atoms with Crippen LogP contribution in [-0.2, 0) is 11.2 Å². The van der Waals surface area contributed by atoms with E-state index in [1.807, 2.05) is 30.5 Å². The summed E-state index contributed by atoms with van der Waals surface area (Å²) >= 11 is 1.42. The molecule has 3 nitrogen and oxygen atoms in total.